The molecule has 3 nitrogen and oxygen atoms in total. The van der Waals surface area contributed by atoms with Crippen molar-refractivity contribution >= 4 is 25.5 Å². The van der Waals surface area contributed by atoms with Crippen molar-refractivity contribution in [2.24, 2.45) is 0 Å². The first-order valence-electron chi connectivity index (χ1n) is 6.81. The van der Waals surface area contributed by atoms with Gasteiger partial charge in [-0.25, -0.2) is 8.42 Å². The number of hydrogen-bond acceptors (Lipinski definition) is 3. The number of rotatable bonds is 5. The maximum atomic E-state index is 12.5. The lowest BCUT2D eigenvalue weighted by atomic mass is 10.0. The largest absolute Gasteiger partial charge is 0.416 e. The van der Waals surface area contributed by atoms with Crippen molar-refractivity contribution in [3.05, 3.63) is 65.2 Å². The highest BCUT2D eigenvalue weighted by Gasteiger charge is 2.29. The average Bonchev–Trinajstić information content (AvgIpc) is 2.51. The van der Waals surface area contributed by atoms with Crippen LogP contribution in [0.3, 0.4) is 0 Å². The monoisotopic (exact) mass is 376 g/mol. The molecule has 0 radical (unpaired) electrons. The molecule has 0 unspecified atom stereocenters. The van der Waals surface area contributed by atoms with Gasteiger partial charge in [0.25, 0.3) is 9.05 Å². The molecule has 8 heteroatoms. The fourth-order valence-electron chi connectivity index (χ4n) is 2.07. The Balaban J connectivity index is 2.00. The summed E-state index contributed by atoms with van der Waals surface area (Å²) in [5.41, 5.74) is 0.178. The van der Waals surface area contributed by atoms with E-state index in [1.54, 1.807) is 0 Å². The van der Waals surface area contributed by atoms with Crippen LogP contribution >= 0.6 is 10.7 Å². The number of aryl methyl sites for hydroxylation is 1. The number of carbonyl (C=O) groups excluding carboxylic acids is 1. The number of hydrogen-bond donors (Lipinski definition) is 0. The topological polar surface area (TPSA) is 51.2 Å². The highest BCUT2D eigenvalue weighted by atomic mass is 35.7. The molecule has 0 fully saturated rings. The molecule has 0 bridgehead atoms. The van der Waals surface area contributed by atoms with E-state index in [4.69, 9.17) is 10.7 Å². The summed E-state index contributed by atoms with van der Waals surface area (Å²) in [6.45, 7) is 0. The molecule has 0 saturated carbocycles. The lowest BCUT2D eigenvalue weighted by molar-refractivity contribution is -0.137. The van der Waals surface area contributed by atoms with Gasteiger partial charge in [-0.3, -0.25) is 4.79 Å². The third-order valence-electron chi connectivity index (χ3n) is 3.38. The van der Waals surface area contributed by atoms with Crippen LogP contribution in [0.15, 0.2) is 53.4 Å². The second kappa shape index (κ2) is 6.94. The molecule has 0 aromatic heterocycles. The SMILES string of the molecule is O=C(CCc1ccc(C(F)(F)F)cc1)c1ccc(S(=O)(=O)Cl)cc1. The van der Waals surface area contributed by atoms with Gasteiger partial charge >= 0.3 is 6.18 Å². The minimum absolute atomic E-state index is 0.0956. The third kappa shape index (κ3) is 4.82. The van der Waals surface area contributed by atoms with E-state index < -0.39 is 20.8 Å². The van der Waals surface area contributed by atoms with Crippen molar-refractivity contribution < 1.29 is 26.4 Å². The molecule has 2 aromatic rings. The van der Waals surface area contributed by atoms with E-state index in [1.165, 1.54) is 36.4 Å². The number of carbonyl (C=O) groups is 1. The Bertz CT molecular complexity index is 826. The zero-order valence-corrected chi connectivity index (χ0v) is 13.8. The molecular weight excluding hydrogens is 365 g/mol. The molecule has 0 heterocycles. The second-order valence-corrected chi connectivity index (χ2v) is 7.65. The molecule has 0 aliphatic carbocycles. The number of alkyl halides is 3. The van der Waals surface area contributed by atoms with Crippen LogP contribution < -0.4 is 0 Å². The number of benzene rings is 2. The highest BCUT2D eigenvalue weighted by Crippen LogP contribution is 2.29. The molecule has 128 valence electrons. The third-order valence-corrected chi connectivity index (χ3v) is 4.75. The number of ketones is 1. The molecule has 0 amide bonds. The summed E-state index contributed by atoms with van der Waals surface area (Å²) in [5.74, 6) is -0.242. The van der Waals surface area contributed by atoms with Crippen LogP contribution in [-0.4, -0.2) is 14.2 Å². The van der Waals surface area contributed by atoms with Gasteiger partial charge in [-0.05, 0) is 36.2 Å². The van der Waals surface area contributed by atoms with Crippen molar-refractivity contribution in [2.45, 2.75) is 23.9 Å². The lowest BCUT2D eigenvalue weighted by Crippen LogP contribution is -2.05. The van der Waals surface area contributed by atoms with Crippen LogP contribution in [0.5, 0.6) is 0 Å². The summed E-state index contributed by atoms with van der Waals surface area (Å²) < 4.78 is 59.6. The van der Waals surface area contributed by atoms with Crippen molar-refractivity contribution in [1.29, 1.82) is 0 Å². The predicted octanol–water partition coefficient (Wildman–Crippen LogP) is 4.45. The summed E-state index contributed by atoms with van der Waals surface area (Å²) in [5, 5.41) is 0. The second-order valence-electron chi connectivity index (χ2n) is 5.08. The standard InChI is InChI=1S/C16H12ClF3O3S/c17-24(22,23)14-8-4-12(5-9-14)15(21)10-3-11-1-6-13(7-2-11)16(18,19)20/h1-2,4-9H,3,10H2. The highest BCUT2D eigenvalue weighted by molar-refractivity contribution is 8.13. The first-order chi connectivity index (χ1) is 11.1. The Kier molecular flexibility index (Phi) is 5.35. The molecule has 0 spiro atoms. The summed E-state index contributed by atoms with van der Waals surface area (Å²) in [6.07, 6.45) is -4.01. The average molecular weight is 377 g/mol. The molecule has 0 atom stereocenters. The maximum Gasteiger partial charge on any atom is 0.416 e. The zero-order valence-electron chi connectivity index (χ0n) is 12.2. The van der Waals surface area contributed by atoms with Crippen molar-refractivity contribution in [1.82, 2.24) is 0 Å². The van der Waals surface area contributed by atoms with Crippen LogP contribution in [0.1, 0.15) is 27.9 Å². The molecule has 0 aliphatic rings. The van der Waals surface area contributed by atoms with Crippen molar-refractivity contribution in [2.75, 3.05) is 0 Å². The molecule has 0 N–H and O–H groups in total. The Hall–Kier alpha value is -1.86. The van der Waals surface area contributed by atoms with Gasteiger partial charge in [0, 0.05) is 22.7 Å². The van der Waals surface area contributed by atoms with Gasteiger partial charge in [0.05, 0.1) is 10.5 Å². The smallest absolute Gasteiger partial charge is 0.294 e. The van der Waals surface area contributed by atoms with Gasteiger partial charge in [0.2, 0.25) is 0 Å². The Morgan fingerprint density at radius 2 is 1.50 bits per heavy atom. The van der Waals surface area contributed by atoms with E-state index in [2.05, 4.69) is 0 Å². The molecule has 0 aliphatic heterocycles. The molecule has 2 rings (SSSR count). The van der Waals surface area contributed by atoms with E-state index in [9.17, 15) is 26.4 Å². The quantitative estimate of drug-likeness (QED) is 0.572. The van der Waals surface area contributed by atoms with Gasteiger partial charge < -0.3 is 0 Å². The van der Waals surface area contributed by atoms with E-state index in [0.717, 1.165) is 12.1 Å². The number of Topliss-reactive ketones (excluding diaryl/α,β-unsaturated/α-hetero) is 1. The van der Waals surface area contributed by atoms with Gasteiger partial charge in [-0.2, -0.15) is 13.2 Å². The van der Waals surface area contributed by atoms with Gasteiger partial charge in [-0.1, -0.05) is 24.3 Å². The Labute approximate surface area is 141 Å². The van der Waals surface area contributed by atoms with E-state index in [1.807, 2.05) is 0 Å². The van der Waals surface area contributed by atoms with Crippen molar-refractivity contribution in [3.63, 3.8) is 0 Å². The molecule has 24 heavy (non-hydrogen) atoms. The van der Waals surface area contributed by atoms with Gasteiger partial charge in [0.15, 0.2) is 5.78 Å². The van der Waals surface area contributed by atoms with Crippen LogP contribution in [0, 0.1) is 0 Å². The van der Waals surface area contributed by atoms with Crippen LogP contribution in [0.4, 0.5) is 13.2 Å². The Morgan fingerprint density at radius 1 is 0.958 bits per heavy atom. The molecular formula is C16H12ClF3O3S. The van der Waals surface area contributed by atoms with E-state index >= 15 is 0 Å². The van der Waals surface area contributed by atoms with E-state index in [-0.39, 0.29) is 23.5 Å². The minimum Gasteiger partial charge on any atom is -0.294 e. The summed E-state index contributed by atoms with van der Waals surface area (Å²) >= 11 is 0. The normalized spacial score (nSPS) is 12.2. The lowest BCUT2D eigenvalue weighted by Gasteiger charge is -2.07. The van der Waals surface area contributed by atoms with E-state index in [0.29, 0.717) is 11.1 Å². The van der Waals surface area contributed by atoms with Gasteiger partial charge in [-0.15, -0.1) is 0 Å². The molecule has 0 saturated heterocycles. The van der Waals surface area contributed by atoms with Gasteiger partial charge in [0.1, 0.15) is 0 Å². The van der Waals surface area contributed by atoms with Crippen LogP contribution in [0.25, 0.3) is 0 Å². The summed E-state index contributed by atoms with van der Waals surface area (Å²) in [6, 6.07) is 9.77. The first kappa shape index (κ1) is 18.5. The fraction of sp³-hybridized carbons (Fsp3) is 0.188. The zero-order chi connectivity index (χ0) is 18.0. The number of halogens is 4. The fourth-order valence-corrected chi connectivity index (χ4v) is 2.84. The van der Waals surface area contributed by atoms with Crippen LogP contribution in [0.2, 0.25) is 0 Å². The van der Waals surface area contributed by atoms with Crippen molar-refractivity contribution in [3.8, 4) is 0 Å². The summed E-state index contributed by atoms with van der Waals surface area (Å²) in [4.78, 5) is 11.9. The van der Waals surface area contributed by atoms with Crippen LogP contribution in [-0.2, 0) is 21.6 Å². The molecule has 2 aromatic carbocycles. The summed E-state index contributed by atoms with van der Waals surface area (Å²) in [7, 11) is 1.34. The first-order valence-corrected chi connectivity index (χ1v) is 9.12. The Morgan fingerprint density at radius 3 is 1.96 bits per heavy atom. The maximum absolute atomic E-state index is 12.5. The predicted molar refractivity (Wildman–Crippen MR) is 83.6 cm³/mol. The minimum atomic E-state index is -4.39.